The van der Waals surface area contributed by atoms with E-state index in [0.29, 0.717) is 17.9 Å². The Morgan fingerprint density at radius 2 is 2.00 bits per heavy atom. The van der Waals surface area contributed by atoms with Gasteiger partial charge >= 0.3 is 0 Å². The van der Waals surface area contributed by atoms with Crippen LogP contribution in [0.1, 0.15) is 6.42 Å². The van der Waals surface area contributed by atoms with Gasteiger partial charge in [-0.15, -0.1) is 0 Å². The summed E-state index contributed by atoms with van der Waals surface area (Å²) in [6, 6.07) is 4.93. The first kappa shape index (κ1) is 18.0. The van der Waals surface area contributed by atoms with Crippen LogP contribution in [0.15, 0.2) is 23.1 Å². The molecule has 1 aliphatic heterocycles. The summed E-state index contributed by atoms with van der Waals surface area (Å²) in [5.74, 6) is 0. The van der Waals surface area contributed by atoms with Crippen molar-refractivity contribution in [2.45, 2.75) is 11.3 Å². The van der Waals surface area contributed by atoms with Crippen molar-refractivity contribution in [1.29, 1.82) is 0 Å². The Morgan fingerprint density at radius 1 is 1.30 bits per heavy atom. The highest BCUT2D eigenvalue weighted by molar-refractivity contribution is 7.89. The van der Waals surface area contributed by atoms with E-state index in [1.165, 1.54) is 24.5 Å². The summed E-state index contributed by atoms with van der Waals surface area (Å²) < 4.78 is 31.3. The van der Waals surface area contributed by atoms with Crippen LogP contribution in [0.2, 0.25) is 0 Å². The fourth-order valence-electron chi connectivity index (χ4n) is 2.45. The summed E-state index contributed by atoms with van der Waals surface area (Å²) in [7, 11) is -0.495. The van der Waals surface area contributed by atoms with Gasteiger partial charge in [0.05, 0.1) is 18.9 Å². The van der Waals surface area contributed by atoms with Gasteiger partial charge in [-0.2, -0.15) is 0 Å². The molecule has 0 saturated carbocycles. The quantitative estimate of drug-likeness (QED) is 0.559. The molecule has 0 atom stereocenters. The maximum atomic E-state index is 12.4. The van der Waals surface area contributed by atoms with Crippen molar-refractivity contribution >= 4 is 21.4 Å². The van der Waals surface area contributed by atoms with Gasteiger partial charge in [-0.1, -0.05) is 0 Å². The fourth-order valence-corrected chi connectivity index (χ4v) is 3.54. The van der Waals surface area contributed by atoms with Gasteiger partial charge in [-0.25, -0.2) is 12.7 Å². The lowest BCUT2D eigenvalue weighted by Crippen LogP contribution is -2.37. The number of ether oxygens (including phenoxy) is 1. The fraction of sp³-hybridized carbons (Fsp3) is 0.600. The number of nitrogen functional groups attached to an aromatic ring is 1. The molecule has 1 fully saturated rings. The van der Waals surface area contributed by atoms with Crippen molar-refractivity contribution in [3.63, 3.8) is 0 Å². The molecule has 0 spiro atoms. The first-order valence-corrected chi connectivity index (χ1v) is 9.21. The van der Waals surface area contributed by atoms with Gasteiger partial charge in [0.1, 0.15) is 4.90 Å². The lowest BCUT2D eigenvalue weighted by molar-refractivity contribution is 0.0378. The van der Waals surface area contributed by atoms with Crippen LogP contribution in [-0.2, 0) is 14.8 Å². The minimum absolute atomic E-state index is 0.217. The first-order chi connectivity index (χ1) is 10.9. The molecule has 0 amide bonds. The second-order valence-corrected chi connectivity index (χ2v) is 7.90. The molecule has 8 heteroatoms. The highest BCUT2D eigenvalue weighted by atomic mass is 32.2. The zero-order valence-corrected chi connectivity index (χ0v) is 14.6. The van der Waals surface area contributed by atoms with Crippen LogP contribution in [-0.4, -0.2) is 71.1 Å². The maximum Gasteiger partial charge on any atom is 0.244 e. The molecule has 23 heavy (non-hydrogen) atoms. The Hall–Kier alpha value is -1.35. The van der Waals surface area contributed by atoms with Gasteiger partial charge in [0.25, 0.3) is 0 Å². The Bertz CT molecular complexity index is 613. The van der Waals surface area contributed by atoms with Gasteiger partial charge in [0, 0.05) is 39.4 Å². The number of nitrogens with zero attached hydrogens (tertiary/aromatic N) is 2. The van der Waals surface area contributed by atoms with Crippen molar-refractivity contribution in [3.8, 4) is 0 Å². The molecule has 3 N–H and O–H groups in total. The number of nitrogens with one attached hydrogen (secondary N) is 1. The first-order valence-electron chi connectivity index (χ1n) is 7.77. The van der Waals surface area contributed by atoms with Crippen molar-refractivity contribution in [1.82, 2.24) is 9.21 Å². The molecule has 0 aliphatic carbocycles. The summed E-state index contributed by atoms with van der Waals surface area (Å²) in [6.07, 6.45) is 0.936. The zero-order valence-electron chi connectivity index (χ0n) is 13.8. The third kappa shape index (κ3) is 4.81. The van der Waals surface area contributed by atoms with Crippen molar-refractivity contribution in [3.05, 3.63) is 18.2 Å². The monoisotopic (exact) mass is 342 g/mol. The predicted molar refractivity (Wildman–Crippen MR) is 92.1 cm³/mol. The van der Waals surface area contributed by atoms with E-state index >= 15 is 0 Å². The molecule has 2 rings (SSSR count). The summed E-state index contributed by atoms with van der Waals surface area (Å²) >= 11 is 0. The van der Waals surface area contributed by atoms with E-state index in [4.69, 9.17) is 10.5 Å². The largest absolute Gasteiger partial charge is 0.399 e. The van der Waals surface area contributed by atoms with Crippen molar-refractivity contribution in [2.75, 3.05) is 64.5 Å². The number of rotatable bonds is 7. The number of hydrogen-bond acceptors (Lipinski definition) is 6. The van der Waals surface area contributed by atoms with Crippen LogP contribution in [0, 0.1) is 0 Å². The smallest absolute Gasteiger partial charge is 0.244 e. The third-order valence-corrected chi connectivity index (χ3v) is 5.69. The van der Waals surface area contributed by atoms with Gasteiger partial charge in [-0.3, -0.25) is 4.90 Å². The molecule has 1 heterocycles. The van der Waals surface area contributed by atoms with Gasteiger partial charge < -0.3 is 15.8 Å². The Kier molecular flexibility index (Phi) is 6.23. The number of morpholine rings is 1. The summed E-state index contributed by atoms with van der Waals surface area (Å²) in [4.78, 5) is 2.57. The van der Waals surface area contributed by atoms with E-state index < -0.39 is 10.0 Å². The molecule has 1 aromatic carbocycles. The zero-order chi connectivity index (χ0) is 16.9. The van der Waals surface area contributed by atoms with E-state index in [1.54, 1.807) is 12.1 Å². The third-order valence-electron chi connectivity index (χ3n) is 3.83. The number of sulfonamides is 1. The normalized spacial score (nSPS) is 16.7. The lowest BCUT2D eigenvalue weighted by atomic mass is 10.2. The molecular formula is C15H26N4O3S. The topological polar surface area (TPSA) is 87.9 Å². The van der Waals surface area contributed by atoms with Crippen LogP contribution in [0.4, 0.5) is 11.4 Å². The van der Waals surface area contributed by atoms with Crippen LogP contribution >= 0.6 is 0 Å². The van der Waals surface area contributed by atoms with Crippen molar-refractivity contribution < 1.29 is 13.2 Å². The van der Waals surface area contributed by atoms with Crippen LogP contribution in [0.3, 0.4) is 0 Å². The molecule has 130 valence electrons. The predicted octanol–water partition coefficient (Wildman–Crippen LogP) is 0.653. The molecule has 7 nitrogen and oxygen atoms in total. The van der Waals surface area contributed by atoms with Crippen LogP contribution in [0.5, 0.6) is 0 Å². The minimum Gasteiger partial charge on any atom is -0.399 e. The lowest BCUT2D eigenvalue weighted by Gasteiger charge is -2.26. The number of hydrogen-bond donors (Lipinski definition) is 2. The molecular weight excluding hydrogens is 316 g/mol. The Morgan fingerprint density at radius 3 is 2.65 bits per heavy atom. The highest BCUT2D eigenvalue weighted by Crippen LogP contribution is 2.26. The summed E-state index contributed by atoms with van der Waals surface area (Å²) in [5.41, 5.74) is 6.77. The van der Waals surface area contributed by atoms with E-state index in [2.05, 4.69) is 10.2 Å². The molecule has 0 unspecified atom stereocenters. The second-order valence-electron chi connectivity index (χ2n) is 5.78. The molecule has 1 aliphatic rings. The van der Waals surface area contributed by atoms with Crippen LogP contribution in [0.25, 0.3) is 0 Å². The van der Waals surface area contributed by atoms with E-state index in [0.717, 1.165) is 39.3 Å². The molecule has 0 aromatic heterocycles. The summed E-state index contributed by atoms with van der Waals surface area (Å²) in [6.45, 7) is 5.18. The SMILES string of the molecule is CN(C)S(=O)(=O)c1cc(N)ccc1NCCCN1CCOCC1. The Labute approximate surface area is 138 Å². The number of anilines is 2. The van der Waals surface area contributed by atoms with Crippen LogP contribution < -0.4 is 11.1 Å². The van der Waals surface area contributed by atoms with E-state index in [9.17, 15) is 8.42 Å². The Balaban J connectivity index is 1.97. The van der Waals surface area contributed by atoms with E-state index in [1.807, 2.05) is 0 Å². The second kappa shape index (κ2) is 7.96. The molecule has 1 aromatic rings. The summed E-state index contributed by atoms with van der Waals surface area (Å²) in [5, 5.41) is 3.22. The standard InChI is InChI=1S/C15H26N4O3S/c1-18(2)23(20,21)15-12-13(16)4-5-14(15)17-6-3-7-19-8-10-22-11-9-19/h4-5,12,17H,3,6-11,16H2,1-2H3. The molecule has 1 saturated heterocycles. The average Bonchev–Trinajstić information content (AvgIpc) is 2.53. The number of benzene rings is 1. The minimum atomic E-state index is -3.52. The average molecular weight is 342 g/mol. The highest BCUT2D eigenvalue weighted by Gasteiger charge is 2.21. The van der Waals surface area contributed by atoms with E-state index in [-0.39, 0.29) is 4.90 Å². The number of nitrogens with two attached hydrogens (primary N) is 1. The van der Waals surface area contributed by atoms with Gasteiger partial charge in [0.15, 0.2) is 0 Å². The van der Waals surface area contributed by atoms with Crippen molar-refractivity contribution in [2.24, 2.45) is 0 Å². The van der Waals surface area contributed by atoms with Gasteiger partial charge in [0.2, 0.25) is 10.0 Å². The van der Waals surface area contributed by atoms with Gasteiger partial charge in [-0.05, 0) is 31.2 Å². The molecule has 0 radical (unpaired) electrons. The molecule has 0 bridgehead atoms. The maximum absolute atomic E-state index is 12.4.